The van der Waals surface area contributed by atoms with Gasteiger partial charge in [-0.25, -0.2) is 0 Å². The van der Waals surface area contributed by atoms with Gasteiger partial charge in [-0.2, -0.15) is 4.99 Å². The molecule has 9 N–H and O–H groups in total. The van der Waals surface area contributed by atoms with E-state index in [9.17, 15) is 14.4 Å². The van der Waals surface area contributed by atoms with Crippen molar-refractivity contribution in [1.82, 2.24) is 9.80 Å². The lowest BCUT2D eigenvalue weighted by molar-refractivity contribution is -0.114. The third-order valence-electron chi connectivity index (χ3n) is 7.16. The molecule has 0 radical (unpaired) electrons. The third-order valence-corrected chi connectivity index (χ3v) is 7.16. The highest BCUT2D eigenvalue weighted by molar-refractivity contribution is 5.95. The first-order chi connectivity index (χ1) is 20.4. The number of ether oxygens (including phenoxy) is 1. The molecule has 2 aliphatic heterocycles. The second kappa shape index (κ2) is 15.1. The fourth-order valence-electron chi connectivity index (χ4n) is 4.50. The van der Waals surface area contributed by atoms with Gasteiger partial charge in [0.25, 0.3) is 11.8 Å². The molecule has 0 bridgehead atoms. The third kappa shape index (κ3) is 9.74. The van der Waals surface area contributed by atoms with Crippen molar-refractivity contribution in [3.8, 4) is 0 Å². The first-order valence-corrected chi connectivity index (χ1v) is 14.4. The van der Waals surface area contributed by atoms with Crippen LogP contribution in [0, 0.1) is 0 Å². The molecule has 0 unspecified atom stereocenters. The normalized spacial score (nSPS) is 16.4. The first kappa shape index (κ1) is 32.9. The van der Waals surface area contributed by atoms with E-state index >= 15 is 0 Å². The molecule has 3 amide bonds. The lowest BCUT2D eigenvalue weighted by Gasteiger charge is -2.27. The van der Waals surface area contributed by atoms with Crippen LogP contribution in [0.2, 0.25) is 0 Å². The summed E-state index contributed by atoms with van der Waals surface area (Å²) in [7, 11) is 0. The quantitative estimate of drug-likeness (QED) is 0.191. The molecule has 0 atom stereocenters. The summed E-state index contributed by atoms with van der Waals surface area (Å²) in [5.74, 6) is -0.866. The van der Waals surface area contributed by atoms with Crippen molar-refractivity contribution in [3.63, 3.8) is 0 Å². The van der Waals surface area contributed by atoms with E-state index in [4.69, 9.17) is 27.7 Å². The molecular formula is C31H44N8O4. The van der Waals surface area contributed by atoms with E-state index in [1.807, 2.05) is 17.0 Å². The predicted octanol–water partition coefficient (Wildman–Crippen LogP) is 2.07. The summed E-state index contributed by atoms with van der Waals surface area (Å²) < 4.78 is 5.28. The van der Waals surface area contributed by atoms with Gasteiger partial charge in [-0.1, -0.05) is 32.9 Å². The fraction of sp³-hybridized carbons (Fsp3) is 0.419. The van der Waals surface area contributed by atoms with Gasteiger partial charge in [-0.05, 0) is 66.6 Å². The summed E-state index contributed by atoms with van der Waals surface area (Å²) in [5, 5.41) is 2.99. The maximum Gasteiger partial charge on any atom is 0.268 e. The van der Waals surface area contributed by atoms with Crippen molar-refractivity contribution in [2.45, 2.75) is 45.4 Å². The number of morpholine rings is 1. The molecule has 232 valence electrons. The van der Waals surface area contributed by atoms with E-state index in [-0.39, 0.29) is 34.7 Å². The molecule has 43 heavy (non-hydrogen) atoms. The summed E-state index contributed by atoms with van der Waals surface area (Å²) in [6, 6.07) is 14.3. The van der Waals surface area contributed by atoms with Gasteiger partial charge in [0.05, 0.1) is 13.2 Å². The van der Waals surface area contributed by atoms with Crippen LogP contribution in [-0.2, 0) is 14.9 Å². The van der Waals surface area contributed by atoms with Crippen LogP contribution in [0.5, 0.6) is 0 Å². The molecule has 0 saturated carbocycles. The minimum absolute atomic E-state index is 0.0513. The molecule has 2 aliphatic rings. The number of amides is 3. The first-order valence-electron chi connectivity index (χ1n) is 14.4. The number of aliphatic imine (C=N–C) groups is 1. The number of carbonyl (C=O) groups excluding carboxylic acids is 3. The zero-order chi connectivity index (χ0) is 31.6. The summed E-state index contributed by atoms with van der Waals surface area (Å²) in [6.45, 7) is 10.2. The van der Waals surface area contributed by atoms with E-state index in [2.05, 4.69) is 31.1 Å². The summed E-state index contributed by atoms with van der Waals surface area (Å²) >= 11 is 0. The zero-order valence-corrected chi connectivity index (χ0v) is 25.3. The summed E-state index contributed by atoms with van der Waals surface area (Å²) in [5.41, 5.74) is 25.3. The van der Waals surface area contributed by atoms with Crippen LogP contribution in [-0.4, -0.2) is 72.9 Å². The van der Waals surface area contributed by atoms with E-state index in [1.165, 1.54) is 5.56 Å². The van der Waals surface area contributed by atoms with Gasteiger partial charge in [0, 0.05) is 43.0 Å². The van der Waals surface area contributed by atoms with Gasteiger partial charge in [0.2, 0.25) is 5.91 Å². The number of guanidine groups is 1. The number of nitrogens with zero attached hydrogens (tertiary/aromatic N) is 3. The van der Waals surface area contributed by atoms with Crippen molar-refractivity contribution < 1.29 is 19.1 Å². The molecule has 0 aromatic heterocycles. The van der Waals surface area contributed by atoms with Crippen molar-refractivity contribution >= 4 is 29.4 Å². The van der Waals surface area contributed by atoms with Crippen molar-refractivity contribution in [3.05, 3.63) is 76.7 Å². The van der Waals surface area contributed by atoms with Gasteiger partial charge in [-0.3, -0.25) is 14.4 Å². The Hall–Kier alpha value is -4.58. The molecule has 2 fully saturated rings. The van der Waals surface area contributed by atoms with Gasteiger partial charge < -0.3 is 42.8 Å². The number of anilines is 1. The van der Waals surface area contributed by atoms with E-state index < -0.39 is 5.91 Å². The second-order valence-electron chi connectivity index (χ2n) is 11.4. The summed E-state index contributed by atoms with van der Waals surface area (Å²) in [6.07, 6.45) is 3.23. The Morgan fingerprint density at radius 2 is 1.33 bits per heavy atom. The number of hydrogen-bond donors (Lipinski definition) is 5. The minimum atomic E-state index is -0.799. The number of hydrogen-bond acceptors (Lipinski definition) is 7. The van der Waals surface area contributed by atoms with Crippen LogP contribution in [0.3, 0.4) is 0 Å². The van der Waals surface area contributed by atoms with E-state index in [0.29, 0.717) is 43.1 Å². The number of nitrogens with one attached hydrogen (secondary N) is 1. The Bertz CT molecular complexity index is 1320. The molecule has 0 aliphatic carbocycles. The van der Waals surface area contributed by atoms with Crippen LogP contribution in [0.25, 0.3) is 0 Å². The van der Waals surface area contributed by atoms with Crippen LogP contribution >= 0.6 is 0 Å². The standard InChI is InChI=1S/C20H29N7O3.C11H15NO/c21-16(17(22)28)18(25-20(23)27-8-2-1-3-9-27)24-15-6-4-14(5-7-15)19(29)26-10-12-30-13-11-26;1-11(2,3)9-6-4-8(5-7-9)10(12)13/h4-7,24H,1-3,8-13,21H2,(H2,22,28)(H2,23,25);4-7H,1-3H3,(H2,12,13)/b18-16-;. The van der Waals surface area contributed by atoms with Crippen LogP contribution in [0.1, 0.15) is 66.3 Å². The number of rotatable bonds is 6. The van der Waals surface area contributed by atoms with Crippen molar-refractivity contribution in [2.24, 2.45) is 27.9 Å². The van der Waals surface area contributed by atoms with Gasteiger partial charge >= 0.3 is 0 Å². The number of likely N-dealkylation sites (tertiary alicyclic amines) is 1. The molecule has 12 nitrogen and oxygen atoms in total. The minimum Gasteiger partial charge on any atom is -0.391 e. The summed E-state index contributed by atoms with van der Waals surface area (Å²) in [4.78, 5) is 43.0. The van der Waals surface area contributed by atoms with E-state index in [0.717, 1.165) is 32.4 Å². The number of primary amides is 2. The molecule has 4 rings (SSSR count). The SMILES string of the molecule is CC(C)(C)c1ccc(C(N)=O)cc1.NC(=O)/C(N)=C(/N=C(\N)N1CCCCC1)Nc1ccc(C(=O)N2CCOCC2)cc1. The Labute approximate surface area is 253 Å². The highest BCUT2D eigenvalue weighted by atomic mass is 16.5. The highest BCUT2D eigenvalue weighted by Crippen LogP contribution is 2.22. The molecule has 2 aromatic carbocycles. The maximum atomic E-state index is 12.6. The molecule has 2 heterocycles. The average Bonchev–Trinajstić information content (AvgIpc) is 3.01. The Morgan fingerprint density at radius 3 is 1.84 bits per heavy atom. The van der Waals surface area contributed by atoms with E-state index in [1.54, 1.807) is 41.3 Å². The fourth-order valence-corrected chi connectivity index (χ4v) is 4.50. The number of piperidine rings is 1. The second-order valence-corrected chi connectivity index (χ2v) is 11.4. The van der Waals surface area contributed by atoms with Crippen molar-refractivity contribution in [2.75, 3.05) is 44.7 Å². The molecule has 0 spiro atoms. The van der Waals surface area contributed by atoms with Gasteiger partial charge in [0.1, 0.15) is 5.70 Å². The van der Waals surface area contributed by atoms with Crippen LogP contribution in [0.15, 0.2) is 65.0 Å². The average molecular weight is 593 g/mol. The lowest BCUT2D eigenvalue weighted by atomic mass is 9.87. The van der Waals surface area contributed by atoms with Crippen LogP contribution in [0.4, 0.5) is 5.69 Å². The highest BCUT2D eigenvalue weighted by Gasteiger charge is 2.19. The topological polar surface area (TPSA) is 195 Å². The number of nitrogens with two attached hydrogens (primary N) is 4. The molecule has 2 saturated heterocycles. The molecule has 12 heteroatoms. The number of benzene rings is 2. The molecular weight excluding hydrogens is 548 g/mol. The smallest absolute Gasteiger partial charge is 0.268 e. The van der Waals surface area contributed by atoms with Crippen LogP contribution < -0.4 is 28.3 Å². The Morgan fingerprint density at radius 1 is 0.767 bits per heavy atom. The Balaban J connectivity index is 0.000000326. The molecule has 2 aromatic rings. The largest absolute Gasteiger partial charge is 0.391 e. The van der Waals surface area contributed by atoms with Crippen molar-refractivity contribution in [1.29, 1.82) is 0 Å². The zero-order valence-electron chi connectivity index (χ0n) is 25.3. The lowest BCUT2D eigenvalue weighted by Crippen LogP contribution is -2.41. The Kier molecular flexibility index (Phi) is 11.5. The monoisotopic (exact) mass is 592 g/mol. The maximum absolute atomic E-state index is 12.6. The predicted molar refractivity (Wildman–Crippen MR) is 168 cm³/mol. The number of carbonyl (C=O) groups is 3. The van der Waals surface area contributed by atoms with Gasteiger partial charge in [0.15, 0.2) is 11.8 Å². The van der Waals surface area contributed by atoms with Gasteiger partial charge in [-0.15, -0.1) is 0 Å².